The van der Waals surface area contributed by atoms with Gasteiger partial charge in [0.05, 0.1) is 7.11 Å². The lowest BCUT2D eigenvalue weighted by atomic mass is 10.1. The molecule has 0 aliphatic carbocycles. The summed E-state index contributed by atoms with van der Waals surface area (Å²) in [6.45, 7) is 0.451. The van der Waals surface area contributed by atoms with Gasteiger partial charge in [-0.05, 0) is 35.6 Å². The molecule has 0 saturated heterocycles. The van der Waals surface area contributed by atoms with Gasteiger partial charge in [-0.2, -0.15) is 5.26 Å². The number of carbonyl (C=O) groups is 1. The molecule has 27 heavy (non-hydrogen) atoms. The minimum absolute atomic E-state index is 0.0481. The molecule has 1 aromatic heterocycles. The van der Waals surface area contributed by atoms with E-state index in [1.807, 2.05) is 35.7 Å². The third kappa shape index (κ3) is 6.03. The van der Waals surface area contributed by atoms with Crippen molar-refractivity contribution in [2.75, 3.05) is 26.9 Å². The highest BCUT2D eigenvalue weighted by atomic mass is 32.1. The van der Waals surface area contributed by atoms with Crippen molar-refractivity contribution in [3.05, 3.63) is 46.2 Å². The Bertz CT molecular complexity index is 821. The van der Waals surface area contributed by atoms with E-state index >= 15 is 0 Å². The largest absolute Gasteiger partial charge is 0.493 e. The SMILES string of the molecule is C#CCOC(C(=O)NCCc1ccc(OCC#N)c(OC)c1)c1cccs1. The molecule has 1 amide bonds. The zero-order valence-electron chi connectivity index (χ0n) is 14.9. The Hall–Kier alpha value is -3.00. The van der Waals surface area contributed by atoms with Gasteiger partial charge in [-0.3, -0.25) is 4.79 Å². The fourth-order valence-electron chi connectivity index (χ4n) is 2.38. The molecule has 0 aliphatic heterocycles. The maximum Gasteiger partial charge on any atom is 0.254 e. The molecule has 0 saturated carbocycles. The zero-order chi connectivity index (χ0) is 19.5. The number of hydrogen-bond donors (Lipinski definition) is 1. The summed E-state index contributed by atoms with van der Waals surface area (Å²) in [7, 11) is 1.54. The van der Waals surface area contributed by atoms with Crippen molar-refractivity contribution < 1.29 is 19.0 Å². The molecule has 7 heteroatoms. The highest BCUT2D eigenvalue weighted by Gasteiger charge is 2.21. The summed E-state index contributed by atoms with van der Waals surface area (Å²) < 4.78 is 16.1. The number of ether oxygens (including phenoxy) is 3. The van der Waals surface area contributed by atoms with Gasteiger partial charge in [-0.25, -0.2) is 0 Å². The highest BCUT2D eigenvalue weighted by Crippen LogP contribution is 2.28. The van der Waals surface area contributed by atoms with Crippen LogP contribution in [0.4, 0.5) is 0 Å². The second-order valence-electron chi connectivity index (χ2n) is 5.38. The molecule has 2 rings (SSSR count). The van der Waals surface area contributed by atoms with Gasteiger partial charge in [0.2, 0.25) is 0 Å². The van der Waals surface area contributed by atoms with Crippen LogP contribution in [0, 0.1) is 23.7 Å². The van der Waals surface area contributed by atoms with Gasteiger partial charge in [-0.15, -0.1) is 17.8 Å². The Morgan fingerprint density at radius 2 is 2.19 bits per heavy atom. The van der Waals surface area contributed by atoms with E-state index in [9.17, 15) is 4.79 Å². The predicted octanol–water partition coefficient (Wildman–Crippen LogP) is 2.71. The number of hydrogen-bond acceptors (Lipinski definition) is 6. The molecule has 2 aromatic rings. The van der Waals surface area contributed by atoms with E-state index in [-0.39, 0.29) is 19.1 Å². The minimum atomic E-state index is -0.711. The summed E-state index contributed by atoms with van der Waals surface area (Å²) in [6.07, 6.45) is 5.13. The normalized spacial score (nSPS) is 11.1. The summed E-state index contributed by atoms with van der Waals surface area (Å²) in [5.41, 5.74) is 0.966. The van der Waals surface area contributed by atoms with E-state index in [0.717, 1.165) is 10.4 Å². The molecule has 1 aromatic carbocycles. The van der Waals surface area contributed by atoms with Crippen molar-refractivity contribution in [1.29, 1.82) is 5.26 Å². The molecular formula is C20H20N2O4S. The second kappa shape index (κ2) is 10.9. The highest BCUT2D eigenvalue weighted by molar-refractivity contribution is 7.10. The monoisotopic (exact) mass is 384 g/mol. The lowest BCUT2D eigenvalue weighted by Crippen LogP contribution is -2.32. The van der Waals surface area contributed by atoms with Crippen LogP contribution in [0.25, 0.3) is 0 Å². The number of benzene rings is 1. The summed E-state index contributed by atoms with van der Waals surface area (Å²) >= 11 is 1.44. The Balaban J connectivity index is 1.93. The van der Waals surface area contributed by atoms with E-state index in [0.29, 0.717) is 24.5 Å². The quantitative estimate of drug-likeness (QED) is 0.637. The maximum absolute atomic E-state index is 12.5. The Morgan fingerprint density at radius 1 is 1.33 bits per heavy atom. The van der Waals surface area contributed by atoms with E-state index in [4.69, 9.17) is 25.9 Å². The van der Waals surface area contributed by atoms with Crippen LogP contribution in [0.1, 0.15) is 16.5 Å². The fourth-order valence-corrected chi connectivity index (χ4v) is 3.15. The minimum Gasteiger partial charge on any atom is -0.493 e. The van der Waals surface area contributed by atoms with Crippen LogP contribution >= 0.6 is 11.3 Å². The number of terminal acetylenes is 1. The topological polar surface area (TPSA) is 80.6 Å². The molecule has 6 nitrogen and oxygen atoms in total. The Morgan fingerprint density at radius 3 is 2.85 bits per heavy atom. The van der Waals surface area contributed by atoms with Crippen LogP contribution < -0.4 is 14.8 Å². The predicted molar refractivity (Wildman–Crippen MR) is 103 cm³/mol. The average Bonchev–Trinajstić information content (AvgIpc) is 3.21. The molecule has 1 heterocycles. The number of amides is 1. The van der Waals surface area contributed by atoms with Crippen LogP contribution in [0.5, 0.6) is 11.5 Å². The first-order valence-electron chi connectivity index (χ1n) is 8.22. The van der Waals surface area contributed by atoms with Crippen LogP contribution in [-0.2, 0) is 16.0 Å². The number of nitrogens with zero attached hydrogens (tertiary/aromatic N) is 1. The van der Waals surface area contributed by atoms with Crippen molar-refractivity contribution in [3.63, 3.8) is 0 Å². The smallest absolute Gasteiger partial charge is 0.254 e. The standard InChI is InChI=1S/C20H20N2O4S/c1-3-11-26-19(18-5-4-13-27-18)20(23)22-10-8-15-6-7-16(25-12-9-21)17(14-15)24-2/h1,4-7,13-14,19H,8,10-12H2,2H3,(H,22,23). The van der Waals surface area contributed by atoms with Crippen LogP contribution in [0.15, 0.2) is 35.7 Å². The molecule has 1 N–H and O–H groups in total. The second-order valence-corrected chi connectivity index (χ2v) is 6.36. The van der Waals surface area contributed by atoms with E-state index in [1.54, 1.807) is 6.07 Å². The molecule has 0 radical (unpaired) electrons. The molecule has 0 bridgehead atoms. The first kappa shape index (κ1) is 20.3. The summed E-state index contributed by atoms with van der Waals surface area (Å²) in [6, 6.07) is 11.1. The third-order valence-corrected chi connectivity index (χ3v) is 4.52. The van der Waals surface area contributed by atoms with Crippen molar-refractivity contribution in [1.82, 2.24) is 5.32 Å². The molecule has 0 aliphatic rings. The number of nitriles is 1. The third-order valence-electron chi connectivity index (χ3n) is 3.61. The maximum atomic E-state index is 12.5. The van der Waals surface area contributed by atoms with Crippen LogP contribution in [0.2, 0.25) is 0 Å². The number of thiophene rings is 1. The van der Waals surface area contributed by atoms with Crippen molar-refractivity contribution in [2.45, 2.75) is 12.5 Å². The first-order chi connectivity index (χ1) is 13.2. The lowest BCUT2D eigenvalue weighted by Gasteiger charge is -2.15. The number of rotatable bonds is 10. The van der Waals surface area contributed by atoms with Gasteiger partial charge in [-0.1, -0.05) is 18.1 Å². The van der Waals surface area contributed by atoms with Crippen LogP contribution in [0.3, 0.4) is 0 Å². The summed E-state index contributed by atoms with van der Waals surface area (Å²) in [4.78, 5) is 13.3. The van der Waals surface area contributed by atoms with Crippen LogP contribution in [-0.4, -0.2) is 32.8 Å². The molecule has 0 spiro atoms. The molecule has 1 unspecified atom stereocenters. The summed E-state index contributed by atoms with van der Waals surface area (Å²) in [5, 5.41) is 13.4. The Kier molecular flexibility index (Phi) is 8.18. The van der Waals surface area contributed by atoms with Gasteiger partial charge in [0.15, 0.2) is 24.2 Å². The van der Waals surface area contributed by atoms with Crippen molar-refractivity contribution in [2.24, 2.45) is 0 Å². The average molecular weight is 384 g/mol. The van der Waals surface area contributed by atoms with Crippen molar-refractivity contribution in [3.8, 4) is 29.9 Å². The van der Waals surface area contributed by atoms with E-state index in [2.05, 4.69) is 11.2 Å². The first-order valence-corrected chi connectivity index (χ1v) is 9.10. The summed E-state index contributed by atoms with van der Waals surface area (Å²) in [5.74, 6) is 3.21. The number of methoxy groups -OCH3 is 1. The van der Waals surface area contributed by atoms with Gasteiger partial charge in [0.25, 0.3) is 5.91 Å². The Labute approximate surface area is 162 Å². The van der Waals surface area contributed by atoms with E-state index in [1.165, 1.54) is 18.4 Å². The number of carbonyl (C=O) groups excluding carboxylic acids is 1. The molecule has 0 fully saturated rings. The fraction of sp³-hybridized carbons (Fsp3) is 0.300. The molecular weight excluding hydrogens is 364 g/mol. The zero-order valence-corrected chi connectivity index (χ0v) is 15.8. The van der Waals surface area contributed by atoms with Gasteiger partial charge in [0.1, 0.15) is 12.7 Å². The molecule has 1 atom stereocenters. The number of nitrogens with one attached hydrogen (secondary N) is 1. The van der Waals surface area contributed by atoms with Gasteiger partial charge in [0, 0.05) is 11.4 Å². The van der Waals surface area contributed by atoms with Crippen molar-refractivity contribution >= 4 is 17.2 Å². The van der Waals surface area contributed by atoms with Gasteiger partial charge >= 0.3 is 0 Å². The van der Waals surface area contributed by atoms with E-state index < -0.39 is 6.10 Å². The molecule has 140 valence electrons. The van der Waals surface area contributed by atoms with Gasteiger partial charge < -0.3 is 19.5 Å². The lowest BCUT2D eigenvalue weighted by molar-refractivity contribution is -0.132.